The molecule has 0 aromatic carbocycles. The Bertz CT molecular complexity index is 211. The molecule has 0 fully saturated rings. The number of hydrogen-bond acceptors (Lipinski definition) is 3. The van der Waals surface area contributed by atoms with Gasteiger partial charge in [-0.25, -0.2) is 0 Å². The van der Waals surface area contributed by atoms with E-state index in [1.807, 2.05) is 0 Å². The highest BCUT2D eigenvalue weighted by atomic mass is 32.2. The lowest BCUT2D eigenvalue weighted by Gasteiger charge is -2.17. The number of carboxylic acids is 1. The molecule has 0 aromatic rings. The Morgan fingerprint density at radius 3 is 2.40 bits per heavy atom. The van der Waals surface area contributed by atoms with Crippen molar-refractivity contribution in [2.45, 2.75) is 24.8 Å². The van der Waals surface area contributed by atoms with Crippen LogP contribution in [0.2, 0.25) is 0 Å². The Hall–Kier alpha value is -0.430. The Balaban J connectivity index is 4.15. The minimum absolute atomic E-state index is 0.0563. The number of carbonyl (C=O) groups is 1. The van der Waals surface area contributed by atoms with Gasteiger partial charge in [-0.2, -0.15) is 24.9 Å². The Morgan fingerprint density at radius 2 is 2.07 bits per heavy atom. The number of carboxylic acid groups (broad SMARTS) is 1. The molecule has 0 saturated heterocycles. The van der Waals surface area contributed by atoms with E-state index in [0.717, 1.165) is 11.8 Å². The third kappa shape index (κ3) is 5.88. The van der Waals surface area contributed by atoms with E-state index in [1.165, 1.54) is 0 Å². The second-order valence-electron chi connectivity index (χ2n) is 3.15. The molecule has 0 aromatic heterocycles. The van der Waals surface area contributed by atoms with Crippen molar-refractivity contribution < 1.29 is 23.1 Å². The van der Waals surface area contributed by atoms with Crippen molar-refractivity contribution in [2.75, 3.05) is 12.3 Å². The van der Waals surface area contributed by atoms with Gasteiger partial charge < -0.3 is 10.8 Å². The van der Waals surface area contributed by atoms with E-state index >= 15 is 0 Å². The number of alkyl halides is 3. The largest absolute Gasteiger partial charge is 0.481 e. The van der Waals surface area contributed by atoms with Crippen molar-refractivity contribution in [1.29, 1.82) is 0 Å². The molecule has 0 amide bonds. The number of rotatable bonds is 6. The van der Waals surface area contributed by atoms with Crippen LogP contribution in [-0.2, 0) is 4.79 Å². The quantitative estimate of drug-likeness (QED) is 0.748. The molecule has 0 aliphatic carbocycles. The van der Waals surface area contributed by atoms with Gasteiger partial charge in [-0.3, -0.25) is 4.79 Å². The topological polar surface area (TPSA) is 63.3 Å². The second-order valence-corrected chi connectivity index (χ2v) is 4.63. The van der Waals surface area contributed by atoms with Crippen LogP contribution in [0.3, 0.4) is 0 Å². The van der Waals surface area contributed by atoms with E-state index in [1.54, 1.807) is 6.92 Å². The molecule has 90 valence electrons. The van der Waals surface area contributed by atoms with Gasteiger partial charge in [0.25, 0.3) is 0 Å². The van der Waals surface area contributed by atoms with Gasteiger partial charge in [0, 0.05) is 11.0 Å². The van der Waals surface area contributed by atoms with Crippen LogP contribution >= 0.6 is 11.8 Å². The summed E-state index contributed by atoms with van der Waals surface area (Å²) in [6.07, 6.45) is -4.10. The first kappa shape index (κ1) is 14.6. The molecule has 0 bridgehead atoms. The average Bonchev–Trinajstić information content (AvgIpc) is 2.01. The third-order valence-corrected chi connectivity index (χ3v) is 3.14. The summed E-state index contributed by atoms with van der Waals surface area (Å²) in [5.74, 6) is -4.57. The second kappa shape index (κ2) is 6.22. The third-order valence-electron chi connectivity index (χ3n) is 1.81. The molecule has 15 heavy (non-hydrogen) atoms. The zero-order valence-corrected chi connectivity index (χ0v) is 9.07. The molecular weight excluding hydrogens is 231 g/mol. The molecular formula is C8H14F3NO2S. The van der Waals surface area contributed by atoms with Crippen LogP contribution in [0.4, 0.5) is 13.2 Å². The highest BCUT2D eigenvalue weighted by molar-refractivity contribution is 7.99. The number of hydrogen-bond donors (Lipinski definition) is 2. The zero-order chi connectivity index (χ0) is 12.1. The maximum atomic E-state index is 12.2. The Kier molecular flexibility index (Phi) is 6.04. The lowest BCUT2D eigenvalue weighted by atomic mass is 10.2. The van der Waals surface area contributed by atoms with Crippen LogP contribution in [0.15, 0.2) is 0 Å². The first-order valence-electron chi connectivity index (χ1n) is 4.40. The van der Waals surface area contributed by atoms with Crippen molar-refractivity contribution in [3.63, 3.8) is 0 Å². The molecule has 3 N–H and O–H groups in total. The van der Waals surface area contributed by atoms with Gasteiger partial charge >= 0.3 is 12.1 Å². The molecule has 0 aliphatic heterocycles. The summed E-state index contributed by atoms with van der Waals surface area (Å²) in [4.78, 5) is 10.4. The molecule has 0 heterocycles. The van der Waals surface area contributed by atoms with E-state index in [0.29, 0.717) is 13.0 Å². The summed E-state index contributed by atoms with van der Waals surface area (Å²) in [6.45, 7) is 2.12. The number of thioether (sulfide) groups is 1. The van der Waals surface area contributed by atoms with Gasteiger partial charge in [0.1, 0.15) is 0 Å². The molecule has 0 saturated carbocycles. The first-order valence-corrected chi connectivity index (χ1v) is 5.45. The molecule has 0 spiro atoms. The minimum atomic E-state index is -4.68. The fraction of sp³-hybridized carbons (Fsp3) is 0.875. The van der Waals surface area contributed by atoms with Crippen LogP contribution in [-0.4, -0.2) is 34.8 Å². The highest BCUT2D eigenvalue weighted by Crippen LogP contribution is 2.30. The van der Waals surface area contributed by atoms with E-state index in [4.69, 9.17) is 10.8 Å². The normalized spacial score (nSPS) is 16.1. The van der Waals surface area contributed by atoms with E-state index in [2.05, 4.69) is 0 Å². The van der Waals surface area contributed by atoms with Crippen LogP contribution in [0.25, 0.3) is 0 Å². The smallest absolute Gasteiger partial charge is 0.403 e. The lowest BCUT2D eigenvalue weighted by molar-refractivity contribution is -0.188. The van der Waals surface area contributed by atoms with Gasteiger partial charge in [-0.05, 0) is 13.0 Å². The van der Waals surface area contributed by atoms with E-state index in [9.17, 15) is 18.0 Å². The van der Waals surface area contributed by atoms with Crippen molar-refractivity contribution >= 4 is 17.7 Å². The minimum Gasteiger partial charge on any atom is -0.481 e. The maximum Gasteiger partial charge on any atom is 0.403 e. The monoisotopic (exact) mass is 245 g/mol. The lowest BCUT2D eigenvalue weighted by Crippen LogP contribution is -2.33. The Labute approximate surface area is 90.2 Å². The molecule has 3 nitrogen and oxygen atoms in total. The van der Waals surface area contributed by atoms with Crippen molar-refractivity contribution in [3.05, 3.63) is 0 Å². The molecule has 0 rings (SSSR count). The van der Waals surface area contributed by atoms with Crippen LogP contribution in [0.1, 0.15) is 13.3 Å². The number of halogens is 3. The fourth-order valence-corrected chi connectivity index (χ4v) is 2.04. The Morgan fingerprint density at radius 1 is 1.53 bits per heavy atom. The summed E-state index contributed by atoms with van der Waals surface area (Å²) in [5, 5.41) is 8.34. The summed E-state index contributed by atoms with van der Waals surface area (Å²) in [7, 11) is 0. The van der Waals surface area contributed by atoms with Crippen molar-refractivity contribution in [3.8, 4) is 0 Å². The van der Waals surface area contributed by atoms with E-state index < -0.39 is 23.8 Å². The number of aliphatic carboxylic acids is 1. The molecule has 0 radical (unpaired) electrons. The predicted octanol–water partition coefficient (Wildman–Crippen LogP) is 1.72. The van der Waals surface area contributed by atoms with Gasteiger partial charge in [0.15, 0.2) is 5.92 Å². The fourth-order valence-electron chi connectivity index (χ4n) is 0.884. The molecule has 2 atom stereocenters. The summed E-state index contributed by atoms with van der Waals surface area (Å²) < 4.78 is 36.6. The van der Waals surface area contributed by atoms with Crippen LogP contribution in [0, 0.1) is 5.92 Å². The van der Waals surface area contributed by atoms with Gasteiger partial charge in [-0.1, -0.05) is 6.92 Å². The van der Waals surface area contributed by atoms with Gasteiger partial charge in [0.05, 0.1) is 0 Å². The van der Waals surface area contributed by atoms with Crippen molar-refractivity contribution in [1.82, 2.24) is 0 Å². The number of nitrogens with two attached hydrogens (primary N) is 1. The average molecular weight is 245 g/mol. The maximum absolute atomic E-state index is 12.2. The standard InChI is InChI=1S/C8H14F3NO2S/c1-5(2-3-12)15-4-6(7(13)14)8(9,10)11/h5-6H,2-4,12H2,1H3,(H,13,14). The highest BCUT2D eigenvalue weighted by Gasteiger charge is 2.44. The summed E-state index contributed by atoms with van der Waals surface area (Å²) in [6, 6.07) is 0. The molecule has 2 unspecified atom stereocenters. The summed E-state index contributed by atoms with van der Waals surface area (Å²) >= 11 is 0.983. The van der Waals surface area contributed by atoms with Crippen LogP contribution < -0.4 is 5.73 Å². The van der Waals surface area contributed by atoms with Gasteiger partial charge in [-0.15, -0.1) is 0 Å². The first-order chi connectivity index (χ1) is 6.79. The van der Waals surface area contributed by atoms with E-state index in [-0.39, 0.29) is 5.25 Å². The van der Waals surface area contributed by atoms with Crippen LogP contribution in [0.5, 0.6) is 0 Å². The summed E-state index contributed by atoms with van der Waals surface area (Å²) in [5.41, 5.74) is 5.23. The SMILES string of the molecule is CC(CCN)SCC(C(=O)O)C(F)(F)F. The molecule has 7 heteroatoms. The molecule has 0 aliphatic rings. The van der Waals surface area contributed by atoms with Crippen molar-refractivity contribution in [2.24, 2.45) is 11.7 Å². The van der Waals surface area contributed by atoms with Gasteiger partial charge in [0.2, 0.25) is 0 Å². The zero-order valence-electron chi connectivity index (χ0n) is 8.25. The predicted molar refractivity (Wildman–Crippen MR) is 52.8 cm³/mol.